The van der Waals surface area contributed by atoms with Crippen LogP contribution in [-0.4, -0.2) is 31.9 Å². The molecule has 3 rings (SSSR count). The van der Waals surface area contributed by atoms with Crippen LogP contribution in [-0.2, 0) is 11.3 Å². The molecule has 0 unspecified atom stereocenters. The molecular formula is C17H16ClN5OS. The quantitative estimate of drug-likeness (QED) is 0.672. The summed E-state index contributed by atoms with van der Waals surface area (Å²) in [6, 6.07) is 15.2. The third kappa shape index (κ3) is 4.58. The van der Waals surface area contributed by atoms with Crippen molar-refractivity contribution < 1.29 is 4.79 Å². The van der Waals surface area contributed by atoms with Gasteiger partial charge in [0.05, 0.1) is 11.4 Å². The zero-order chi connectivity index (χ0) is 17.6. The lowest BCUT2D eigenvalue weighted by atomic mass is 10.2. The SMILES string of the molecule is Cc1ccccc1-n1nnnc1SCC(=O)NCc1cccc(Cl)c1. The van der Waals surface area contributed by atoms with Gasteiger partial charge in [-0.15, -0.1) is 5.10 Å². The number of para-hydroxylation sites is 1. The summed E-state index contributed by atoms with van der Waals surface area (Å²) in [5.74, 6) is 0.136. The zero-order valence-corrected chi connectivity index (χ0v) is 15.1. The molecule has 0 saturated heterocycles. The van der Waals surface area contributed by atoms with Gasteiger partial charge in [0, 0.05) is 11.6 Å². The van der Waals surface area contributed by atoms with Crippen LogP contribution >= 0.6 is 23.4 Å². The number of amides is 1. The number of halogens is 1. The van der Waals surface area contributed by atoms with E-state index >= 15 is 0 Å². The summed E-state index contributed by atoms with van der Waals surface area (Å²) in [6.07, 6.45) is 0. The van der Waals surface area contributed by atoms with E-state index < -0.39 is 0 Å². The van der Waals surface area contributed by atoms with E-state index in [1.54, 1.807) is 10.7 Å². The van der Waals surface area contributed by atoms with Crippen molar-refractivity contribution >= 4 is 29.3 Å². The lowest BCUT2D eigenvalue weighted by Gasteiger charge is -2.08. The minimum absolute atomic E-state index is 0.0932. The van der Waals surface area contributed by atoms with Crippen LogP contribution < -0.4 is 5.32 Å². The number of benzene rings is 2. The molecule has 1 N–H and O–H groups in total. The Balaban J connectivity index is 1.58. The van der Waals surface area contributed by atoms with Gasteiger partial charge in [0.25, 0.3) is 0 Å². The molecule has 3 aromatic rings. The van der Waals surface area contributed by atoms with Crippen molar-refractivity contribution in [3.05, 3.63) is 64.7 Å². The van der Waals surface area contributed by atoms with Gasteiger partial charge in [-0.25, -0.2) is 0 Å². The van der Waals surface area contributed by atoms with Crippen LogP contribution in [0.5, 0.6) is 0 Å². The molecule has 0 spiro atoms. The number of tetrazole rings is 1. The van der Waals surface area contributed by atoms with Gasteiger partial charge in [-0.1, -0.05) is 53.7 Å². The first kappa shape index (κ1) is 17.4. The van der Waals surface area contributed by atoms with E-state index in [2.05, 4.69) is 20.8 Å². The zero-order valence-electron chi connectivity index (χ0n) is 13.5. The highest BCUT2D eigenvalue weighted by atomic mass is 35.5. The number of rotatable bonds is 6. The molecule has 1 heterocycles. The molecule has 128 valence electrons. The average molecular weight is 374 g/mol. The second-order valence-electron chi connectivity index (χ2n) is 5.36. The Kier molecular flexibility index (Phi) is 5.67. The van der Waals surface area contributed by atoms with Gasteiger partial charge in [-0.3, -0.25) is 4.79 Å². The summed E-state index contributed by atoms with van der Waals surface area (Å²) in [6.45, 7) is 2.42. The number of nitrogens with one attached hydrogen (secondary N) is 1. The molecular weight excluding hydrogens is 358 g/mol. The van der Waals surface area contributed by atoms with E-state index in [0.29, 0.717) is 16.7 Å². The molecule has 8 heteroatoms. The highest BCUT2D eigenvalue weighted by molar-refractivity contribution is 7.99. The van der Waals surface area contributed by atoms with E-state index in [9.17, 15) is 4.79 Å². The number of thioether (sulfide) groups is 1. The van der Waals surface area contributed by atoms with Gasteiger partial charge >= 0.3 is 0 Å². The maximum Gasteiger partial charge on any atom is 0.230 e. The Morgan fingerprint density at radius 1 is 1.24 bits per heavy atom. The molecule has 0 saturated carbocycles. The number of carbonyl (C=O) groups is 1. The van der Waals surface area contributed by atoms with Gasteiger partial charge in [-0.2, -0.15) is 4.68 Å². The van der Waals surface area contributed by atoms with E-state index in [1.165, 1.54) is 11.8 Å². The predicted molar refractivity (Wildman–Crippen MR) is 97.9 cm³/mol. The number of aromatic nitrogens is 4. The Labute approximate surface area is 154 Å². The third-order valence-corrected chi connectivity index (χ3v) is 4.65. The number of aryl methyl sites for hydroxylation is 1. The first-order chi connectivity index (χ1) is 12.1. The fourth-order valence-corrected chi connectivity index (χ4v) is 3.18. The highest BCUT2D eigenvalue weighted by Gasteiger charge is 2.12. The number of carbonyl (C=O) groups excluding carboxylic acids is 1. The van der Waals surface area contributed by atoms with Gasteiger partial charge in [0.15, 0.2) is 0 Å². The summed E-state index contributed by atoms with van der Waals surface area (Å²) < 4.78 is 1.64. The van der Waals surface area contributed by atoms with E-state index in [4.69, 9.17) is 11.6 Å². The third-order valence-electron chi connectivity index (χ3n) is 3.50. The van der Waals surface area contributed by atoms with E-state index in [-0.39, 0.29) is 11.7 Å². The Morgan fingerprint density at radius 3 is 2.88 bits per heavy atom. The van der Waals surface area contributed by atoms with E-state index in [0.717, 1.165) is 16.8 Å². The average Bonchev–Trinajstić information content (AvgIpc) is 3.07. The van der Waals surface area contributed by atoms with Crippen molar-refractivity contribution in [1.82, 2.24) is 25.5 Å². The molecule has 6 nitrogen and oxygen atoms in total. The fourth-order valence-electron chi connectivity index (χ4n) is 2.25. The first-order valence-corrected chi connectivity index (χ1v) is 8.98. The molecule has 25 heavy (non-hydrogen) atoms. The van der Waals surface area contributed by atoms with Crippen LogP contribution in [0, 0.1) is 6.92 Å². The van der Waals surface area contributed by atoms with Crippen molar-refractivity contribution in [2.24, 2.45) is 0 Å². The van der Waals surface area contributed by atoms with Crippen molar-refractivity contribution in [2.75, 3.05) is 5.75 Å². The molecule has 1 aromatic heterocycles. The first-order valence-electron chi connectivity index (χ1n) is 7.62. The van der Waals surface area contributed by atoms with Gasteiger partial charge in [0.2, 0.25) is 11.1 Å². The topological polar surface area (TPSA) is 72.7 Å². The molecule has 0 aliphatic carbocycles. The van der Waals surface area contributed by atoms with E-state index in [1.807, 2.05) is 49.4 Å². The molecule has 0 atom stereocenters. The van der Waals surface area contributed by atoms with Crippen LogP contribution in [0.15, 0.2) is 53.7 Å². The number of hydrogen-bond donors (Lipinski definition) is 1. The minimum Gasteiger partial charge on any atom is -0.351 e. The normalized spacial score (nSPS) is 10.6. The van der Waals surface area contributed by atoms with Crippen LogP contribution in [0.3, 0.4) is 0 Å². The second-order valence-corrected chi connectivity index (χ2v) is 6.73. The summed E-state index contributed by atoms with van der Waals surface area (Å²) >= 11 is 7.23. The van der Waals surface area contributed by atoms with Crippen molar-refractivity contribution in [2.45, 2.75) is 18.6 Å². The number of nitrogens with zero attached hydrogens (tertiary/aromatic N) is 4. The predicted octanol–water partition coefficient (Wildman–Crippen LogP) is 3.03. The molecule has 0 aliphatic rings. The smallest absolute Gasteiger partial charge is 0.230 e. The van der Waals surface area contributed by atoms with Gasteiger partial charge < -0.3 is 5.32 Å². The summed E-state index contributed by atoms with van der Waals surface area (Å²) in [5, 5.41) is 15.8. The van der Waals surface area contributed by atoms with Gasteiger partial charge in [-0.05, 0) is 46.7 Å². The minimum atomic E-state index is -0.0932. The fraction of sp³-hybridized carbons (Fsp3) is 0.176. The van der Waals surface area contributed by atoms with Crippen LogP contribution in [0.4, 0.5) is 0 Å². The van der Waals surface area contributed by atoms with Crippen molar-refractivity contribution in [3.8, 4) is 5.69 Å². The van der Waals surface area contributed by atoms with Crippen molar-refractivity contribution in [3.63, 3.8) is 0 Å². The van der Waals surface area contributed by atoms with Crippen LogP contribution in [0.25, 0.3) is 5.69 Å². The standard InChI is InChI=1S/C17H16ClN5OS/c1-12-5-2-3-8-15(12)23-17(20-21-22-23)25-11-16(24)19-10-13-6-4-7-14(18)9-13/h2-9H,10-11H2,1H3,(H,19,24). The maximum absolute atomic E-state index is 12.1. The number of hydrogen-bond acceptors (Lipinski definition) is 5. The Morgan fingerprint density at radius 2 is 2.08 bits per heavy atom. The largest absolute Gasteiger partial charge is 0.351 e. The molecule has 0 radical (unpaired) electrons. The lowest BCUT2D eigenvalue weighted by Crippen LogP contribution is -2.24. The van der Waals surface area contributed by atoms with Crippen molar-refractivity contribution in [1.29, 1.82) is 0 Å². The highest BCUT2D eigenvalue weighted by Crippen LogP contribution is 2.20. The molecule has 0 aliphatic heterocycles. The van der Waals surface area contributed by atoms with Crippen LogP contribution in [0.1, 0.15) is 11.1 Å². The Hall–Kier alpha value is -2.38. The van der Waals surface area contributed by atoms with Gasteiger partial charge in [0.1, 0.15) is 0 Å². The molecule has 0 fully saturated rings. The summed E-state index contributed by atoms with van der Waals surface area (Å²) in [7, 11) is 0. The molecule has 1 amide bonds. The lowest BCUT2D eigenvalue weighted by molar-refractivity contribution is -0.118. The summed E-state index contributed by atoms with van der Waals surface area (Å²) in [5.41, 5.74) is 2.91. The Bertz CT molecular complexity index is 883. The molecule has 2 aromatic carbocycles. The summed E-state index contributed by atoms with van der Waals surface area (Å²) in [4.78, 5) is 12.1. The maximum atomic E-state index is 12.1. The van der Waals surface area contributed by atoms with Crippen LogP contribution in [0.2, 0.25) is 5.02 Å². The second kappa shape index (κ2) is 8.13. The monoisotopic (exact) mass is 373 g/mol. The molecule has 0 bridgehead atoms.